The Bertz CT molecular complexity index is 599. The summed E-state index contributed by atoms with van der Waals surface area (Å²) in [7, 11) is 0. The largest absolute Gasteiger partial charge is 0.268 e. The van der Waals surface area contributed by atoms with E-state index >= 15 is 0 Å². The number of aliphatic imine (C=N–C) groups is 1. The normalized spacial score (nSPS) is 23.0. The first-order valence-electron chi connectivity index (χ1n) is 5.66. The van der Waals surface area contributed by atoms with Crippen molar-refractivity contribution < 1.29 is 0 Å². The lowest BCUT2D eigenvalue weighted by Gasteiger charge is -2.23. The van der Waals surface area contributed by atoms with Gasteiger partial charge in [-0.05, 0) is 13.0 Å². The molecule has 0 radical (unpaired) electrons. The zero-order valence-corrected chi connectivity index (χ0v) is 10.3. The van der Waals surface area contributed by atoms with E-state index in [1.165, 1.54) is 0 Å². The molecule has 2 heterocycles. The van der Waals surface area contributed by atoms with Gasteiger partial charge in [-0.15, -0.1) is 0 Å². The Morgan fingerprint density at radius 1 is 1.50 bits per heavy atom. The molecule has 0 fully saturated rings. The molecule has 1 unspecified atom stereocenters. The molecule has 1 aromatic heterocycles. The van der Waals surface area contributed by atoms with Gasteiger partial charge >= 0.3 is 0 Å². The van der Waals surface area contributed by atoms with Crippen LogP contribution in [0.2, 0.25) is 0 Å². The van der Waals surface area contributed by atoms with E-state index in [1.807, 2.05) is 26.0 Å². The molecule has 1 aliphatic heterocycles. The number of hydrogen-bond donors (Lipinski definition) is 0. The summed E-state index contributed by atoms with van der Waals surface area (Å²) in [5.41, 5.74) is 2.78. The maximum atomic E-state index is 9.13. The molecule has 0 aromatic carbocycles. The van der Waals surface area contributed by atoms with E-state index in [-0.39, 0.29) is 11.8 Å². The maximum Gasteiger partial charge on any atom is 0.195 e. The second-order valence-electron chi connectivity index (χ2n) is 4.24. The van der Waals surface area contributed by atoms with Crippen LogP contribution in [0.25, 0.3) is 10.5 Å². The van der Waals surface area contributed by atoms with Crippen molar-refractivity contribution in [2.24, 2.45) is 16.8 Å². The summed E-state index contributed by atoms with van der Waals surface area (Å²) in [6, 6.07) is 5.91. The van der Waals surface area contributed by atoms with E-state index in [0.29, 0.717) is 11.4 Å². The standard InChI is InChI=1S/C14H12N4/c1-9-12(7-15)10(2)18-14(13(9)16-3)11-5-4-6-17-8-11/h4-6,8-9,12H,1-2H3/t9-,12?/m1/s1. The summed E-state index contributed by atoms with van der Waals surface area (Å²) in [5, 5.41) is 9.13. The summed E-state index contributed by atoms with van der Waals surface area (Å²) >= 11 is 0. The van der Waals surface area contributed by atoms with Crippen molar-refractivity contribution in [1.82, 2.24) is 4.98 Å². The van der Waals surface area contributed by atoms with Crippen molar-refractivity contribution in [1.29, 1.82) is 5.26 Å². The van der Waals surface area contributed by atoms with Crippen molar-refractivity contribution >= 4 is 11.4 Å². The second kappa shape index (κ2) is 4.81. The first-order valence-corrected chi connectivity index (χ1v) is 5.66. The highest BCUT2D eigenvalue weighted by molar-refractivity contribution is 5.95. The first-order chi connectivity index (χ1) is 8.69. The average molecular weight is 236 g/mol. The number of rotatable bonds is 1. The summed E-state index contributed by atoms with van der Waals surface area (Å²) in [4.78, 5) is 12.0. The molecule has 0 spiro atoms. The van der Waals surface area contributed by atoms with Gasteiger partial charge in [0.15, 0.2) is 5.70 Å². The second-order valence-corrected chi connectivity index (χ2v) is 4.24. The zero-order chi connectivity index (χ0) is 13.1. The van der Waals surface area contributed by atoms with E-state index in [9.17, 15) is 0 Å². The monoisotopic (exact) mass is 236 g/mol. The van der Waals surface area contributed by atoms with Crippen LogP contribution in [0.15, 0.2) is 35.2 Å². The van der Waals surface area contributed by atoms with E-state index in [4.69, 9.17) is 11.8 Å². The van der Waals surface area contributed by atoms with Gasteiger partial charge in [0, 0.05) is 29.6 Å². The summed E-state index contributed by atoms with van der Waals surface area (Å²) < 4.78 is 0. The molecule has 0 saturated carbocycles. The van der Waals surface area contributed by atoms with Gasteiger partial charge in [0.1, 0.15) is 0 Å². The molecule has 2 atom stereocenters. The molecular formula is C14H12N4. The smallest absolute Gasteiger partial charge is 0.195 e. The molecule has 0 saturated heterocycles. The van der Waals surface area contributed by atoms with Crippen molar-refractivity contribution in [2.45, 2.75) is 13.8 Å². The summed E-state index contributed by atoms with van der Waals surface area (Å²) in [5.74, 6) is -0.435. The van der Waals surface area contributed by atoms with Crippen molar-refractivity contribution in [3.8, 4) is 6.07 Å². The van der Waals surface area contributed by atoms with Crippen LogP contribution in [-0.4, -0.2) is 10.7 Å². The Balaban J connectivity index is 2.59. The minimum Gasteiger partial charge on any atom is -0.268 e. The fraction of sp³-hybridized carbons (Fsp3) is 0.286. The zero-order valence-electron chi connectivity index (χ0n) is 10.3. The van der Waals surface area contributed by atoms with Gasteiger partial charge in [-0.1, -0.05) is 13.0 Å². The van der Waals surface area contributed by atoms with Crippen molar-refractivity contribution in [2.75, 3.05) is 0 Å². The highest BCUT2D eigenvalue weighted by Crippen LogP contribution is 2.35. The van der Waals surface area contributed by atoms with Crippen LogP contribution < -0.4 is 0 Å². The summed E-state index contributed by atoms with van der Waals surface area (Å²) in [6.45, 7) is 11.0. The van der Waals surface area contributed by atoms with Gasteiger partial charge in [0.05, 0.1) is 24.3 Å². The molecule has 4 nitrogen and oxygen atoms in total. The third-order valence-electron chi connectivity index (χ3n) is 3.11. The van der Waals surface area contributed by atoms with Gasteiger partial charge in [-0.25, -0.2) is 4.85 Å². The lowest BCUT2D eigenvalue weighted by Crippen LogP contribution is -2.23. The highest BCUT2D eigenvalue weighted by Gasteiger charge is 2.31. The predicted molar refractivity (Wildman–Crippen MR) is 69.1 cm³/mol. The quantitative estimate of drug-likeness (QED) is 0.704. The van der Waals surface area contributed by atoms with Crippen LogP contribution in [0.1, 0.15) is 19.4 Å². The van der Waals surface area contributed by atoms with Gasteiger partial charge in [0.25, 0.3) is 0 Å². The van der Waals surface area contributed by atoms with Crippen LogP contribution in [0.4, 0.5) is 0 Å². The summed E-state index contributed by atoms with van der Waals surface area (Å²) in [6.07, 6.45) is 3.37. The number of allylic oxidation sites excluding steroid dienone is 1. The molecule has 1 aromatic rings. The molecule has 0 bridgehead atoms. The van der Waals surface area contributed by atoms with Crippen LogP contribution in [0.5, 0.6) is 0 Å². The third kappa shape index (κ3) is 1.89. The molecule has 88 valence electrons. The van der Waals surface area contributed by atoms with Gasteiger partial charge < -0.3 is 0 Å². The van der Waals surface area contributed by atoms with Gasteiger partial charge in [0.2, 0.25) is 0 Å². The average Bonchev–Trinajstić information content (AvgIpc) is 2.39. The molecular weight excluding hydrogens is 224 g/mol. The van der Waals surface area contributed by atoms with E-state index < -0.39 is 0 Å². The number of aromatic nitrogens is 1. The molecule has 0 N–H and O–H groups in total. The maximum absolute atomic E-state index is 9.13. The highest BCUT2D eigenvalue weighted by atomic mass is 14.9. The number of hydrogen-bond acceptors (Lipinski definition) is 3. The van der Waals surface area contributed by atoms with E-state index in [2.05, 4.69) is 20.9 Å². The van der Waals surface area contributed by atoms with Gasteiger partial charge in [-0.3, -0.25) is 9.98 Å². The van der Waals surface area contributed by atoms with E-state index in [1.54, 1.807) is 12.4 Å². The van der Waals surface area contributed by atoms with Crippen LogP contribution >= 0.6 is 0 Å². The fourth-order valence-electron chi connectivity index (χ4n) is 2.11. The Hall–Kier alpha value is -2.46. The fourth-order valence-corrected chi connectivity index (χ4v) is 2.11. The Kier molecular flexibility index (Phi) is 3.21. The lowest BCUT2D eigenvalue weighted by molar-refractivity contribution is 0.618. The molecule has 1 aliphatic rings. The number of nitriles is 1. The Labute approximate surface area is 106 Å². The van der Waals surface area contributed by atoms with Crippen LogP contribution in [0.3, 0.4) is 0 Å². The molecule has 0 aliphatic carbocycles. The van der Waals surface area contributed by atoms with Crippen LogP contribution in [-0.2, 0) is 0 Å². The van der Waals surface area contributed by atoms with Crippen LogP contribution in [0, 0.1) is 29.7 Å². The minimum atomic E-state index is -0.311. The molecule has 18 heavy (non-hydrogen) atoms. The Morgan fingerprint density at radius 2 is 2.28 bits per heavy atom. The Morgan fingerprint density at radius 3 is 2.83 bits per heavy atom. The number of pyridine rings is 1. The minimum absolute atomic E-state index is 0.125. The molecule has 0 amide bonds. The predicted octanol–water partition coefficient (Wildman–Crippen LogP) is 2.92. The lowest BCUT2D eigenvalue weighted by atomic mass is 9.85. The molecule has 2 rings (SSSR count). The SMILES string of the molecule is [C-]#[N+]C1=C(c2cccnc2)N=C(C)C(C#N)[C@H]1C. The third-order valence-corrected chi connectivity index (χ3v) is 3.11. The molecule has 4 heteroatoms. The topological polar surface area (TPSA) is 53.4 Å². The van der Waals surface area contributed by atoms with Gasteiger partial charge in [-0.2, -0.15) is 5.26 Å². The first kappa shape index (κ1) is 12.0. The number of nitrogens with zero attached hydrogens (tertiary/aromatic N) is 4. The van der Waals surface area contributed by atoms with Crippen molar-refractivity contribution in [3.63, 3.8) is 0 Å². The van der Waals surface area contributed by atoms with E-state index in [0.717, 1.165) is 11.3 Å². The van der Waals surface area contributed by atoms with Crippen molar-refractivity contribution in [3.05, 3.63) is 47.2 Å².